The molecule has 0 radical (unpaired) electrons. The molecule has 1 unspecified atom stereocenters. The average Bonchev–Trinajstić information content (AvgIpc) is 2.33. The topological polar surface area (TPSA) is 46.5 Å². The Morgan fingerprint density at radius 2 is 2.29 bits per heavy atom. The van der Waals surface area contributed by atoms with E-state index in [1.165, 1.54) is 0 Å². The first-order valence-corrected chi connectivity index (χ1v) is 6.15. The van der Waals surface area contributed by atoms with E-state index in [2.05, 4.69) is 0 Å². The van der Waals surface area contributed by atoms with Crippen LogP contribution in [0.25, 0.3) is 0 Å². The fraction of sp³-hybridized carbons (Fsp3) is 0.462. The van der Waals surface area contributed by atoms with Crippen LogP contribution in [0, 0.1) is 0 Å². The molecule has 17 heavy (non-hydrogen) atoms. The summed E-state index contributed by atoms with van der Waals surface area (Å²) in [5.41, 5.74) is 0.904. The van der Waals surface area contributed by atoms with Gasteiger partial charge >= 0.3 is 5.97 Å². The Labute approximate surface area is 106 Å². The molecule has 0 saturated carbocycles. The maximum absolute atomic E-state index is 10.5. The predicted molar refractivity (Wildman–Crippen MR) is 67.7 cm³/mol. The third kappa shape index (κ3) is 5.09. The quantitative estimate of drug-likeness (QED) is 0.758. The monoisotopic (exact) mass is 256 g/mol. The highest BCUT2D eigenvalue weighted by molar-refractivity contribution is 6.20. The second-order valence-electron chi connectivity index (χ2n) is 3.82. The summed E-state index contributed by atoms with van der Waals surface area (Å²) >= 11 is 6.14. The third-order valence-electron chi connectivity index (χ3n) is 2.30. The van der Waals surface area contributed by atoms with Crippen LogP contribution >= 0.6 is 11.6 Å². The number of carboxylic acids is 1. The summed E-state index contributed by atoms with van der Waals surface area (Å²) < 4.78 is 5.50. The van der Waals surface area contributed by atoms with Crippen molar-refractivity contribution in [3.8, 4) is 5.75 Å². The number of benzene rings is 1. The Kier molecular flexibility index (Phi) is 5.84. The Hall–Kier alpha value is -1.22. The molecule has 0 bridgehead atoms. The summed E-state index contributed by atoms with van der Waals surface area (Å²) in [5.74, 6) is -0.0423. The first-order chi connectivity index (χ1) is 8.13. The van der Waals surface area contributed by atoms with Gasteiger partial charge in [-0.05, 0) is 30.5 Å². The first-order valence-electron chi connectivity index (χ1n) is 5.72. The van der Waals surface area contributed by atoms with E-state index in [4.69, 9.17) is 21.4 Å². The van der Waals surface area contributed by atoms with E-state index in [9.17, 15) is 4.79 Å². The number of rotatable bonds is 7. The van der Waals surface area contributed by atoms with Crippen molar-refractivity contribution in [3.05, 3.63) is 29.8 Å². The van der Waals surface area contributed by atoms with Gasteiger partial charge in [0, 0.05) is 6.42 Å². The molecule has 0 aliphatic carbocycles. The van der Waals surface area contributed by atoms with Crippen LogP contribution in [-0.2, 0) is 4.79 Å². The number of alkyl halides is 1. The molecular formula is C13H17ClO3. The Balaban J connectivity index is 2.60. The largest absolute Gasteiger partial charge is 0.494 e. The van der Waals surface area contributed by atoms with Crippen LogP contribution in [0.2, 0.25) is 0 Å². The molecule has 0 aliphatic rings. The molecule has 0 aliphatic heterocycles. The molecule has 4 heteroatoms. The number of carboxylic acid groups (broad SMARTS) is 1. The molecule has 0 fully saturated rings. The number of ether oxygens (including phenoxy) is 1. The molecule has 3 nitrogen and oxygen atoms in total. The van der Waals surface area contributed by atoms with E-state index in [-0.39, 0.29) is 11.8 Å². The molecule has 1 rings (SSSR count). The molecule has 0 aromatic heterocycles. The highest BCUT2D eigenvalue weighted by Gasteiger charge is 2.10. The number of carbonyl (C=O) groups is 1. The minimum Gasteiger partial charge on any atom is -0.494 e. The van der Waals surface area contributed by atoms with Gasteiger partial charge in [-0.2, -0.15) is 0 Å². The highest BCUT2D eigenvalue weighted by atomic mass is 35.5. The van der Waals surface area contributed by atoms with Crippen LogP contribution in [0.1, 0.15) is 37.1 Å². The standard InChI is InChI=1S/C13H17ClO3/c1-2-8-17-11-5-3-4-10(9-11)12(14)6-7-13(15)16/h3-5,9,12H,2,6-8H2,1H3,(H,15,16). The van der Waals surface area contributed by atoms with E-state index < -0.39 is 5.97 Å². The molecule has 0 heterocycles. The molecule has 0 saturated heterocycles. The van der Waals surface area contributed by atoms with Crippen molar-refractivity contribution in [3.63, 3.8) is 0 Å². The summed E-state index contributed by atoms with van der Waals surface area (Å²) in [6.45, 7) is 2.71. The molecule has 0 amide bonds. The van der Waals surface area contributed by atoms with Crippen molar-refractivity contribution < 1.29 is 14.6 Å². The zero-order valence-corrected chi connectivity index (χ0v) is 10.6. The Bertz CT molecular complexity index is 365. The van der Waals surface area contributed by atoms with Gasteiger partial charge in [0.15, 0.2) is 0 Å². The van der Waals surface area contributed by atoms with Crippen LogP contribution in [0.5, 0.6) is 5.75 Å². The van der Waals surface area contributed by atoms with Gasteiger partial charge < -0.3 is 9.84 Å². The van der Waals surface area contributed by atoms with E-state index in [1.807, 2.05) is 31.2 Å². The first kappa shape index (κ1) is 13.8. The van der Waals surface area contributed by atoms with Gasteiger partial charge in [0.2, 0.25) is 0 Å². The summed E-state index contributed by atoms with van der Waals surface area (Å²) in [6, 6.07) is 7.50. The van der Waals surface area contributed by atoms with Crippen LogP contribution in [0.3, 0.4) is 0 Å². The maximum Gasteiger partial charge on any atom is 0.303 e. The molecule has 0 spiro atoms. The van der Waals surface area contributed by atoms with E-state index >= 15 is 0 Å². The van der Waals surface area contributed by atoms with Crippen molar-refractivity contribution in [1.82, 2.24) is 0 Å². The zero-order valence-electron chi connectivity index (χ0n) is 9.86. The third-order valence-corrected chi connectivity index (χ3v) is 2.77. The van der Waals surface area contributed by atoms with Crippen molar-refractivity contribution in [2.75, 3.05) is 6.61 Å². The summed E-state index contributed by atoms with van der Waals surface area (Å²) in [4.78, 5) is 10.5. The van der Waals surface area contributed by atoms with Gasteiger partial charge in [0.25, 0.3) is 0 Å². The number of hydrogen-bond donors (Lipinski definition) is 1. The second kappa shape index (κ2) is 7.17. The molecule has 1 N–H and O–H groups in total. The van der Waals surface area contributed by atoms with Gasteiger partial charge in [-0.15, -0.1) is 11.6 Å². The van der Waals surface area contributed by atoms with Crippen LogP contribution in [0.15, 0.2) is 24.3 Å². The summed E-state index contributed by atoms with van der Waals surface area (Å²) in [7, 11) is 0. The SMILES string of the molecule is CCCOc1cccc(C(Cl)CCC(=O)O)c1. The number of hydrogen-bond acceptors (Lipinski definition) is 2. The van der Waals surface area contributed by atoms with Crippen LogP contribution in [0.4, 0.5) is 0 Å². The van der Waals surface area contributed by atoms with Crippen molar-refractivity contribution in [2.24, 2.45) is 0 Å². The lowest BCUT2D eigenvalue weighted by molar-refractivity contribution is -0.137. The van der Waals surface area contributed by atoms with E-state index in [0.717, 1.165) is 17.7 Å². The van der Waals surface area contributed by atoms with E-state index in [1.54, 1.807) is 0 Å². The van der Waals surface area contributed by atoms with E-state index in [0.29, 0.717) is 13.0 Å². The van der Waals surface area contributed by atoms with Crippen LogP contribution < -0.4 is 4.74 Å². The smallest absolute Gasteiger partial charge is 0.303 e. The Morgan fingerprint density at radius 1 is 1.53 bits per heavy atom. The molecular weight excluding hydrogens is 240 g/mol. The fourth-order valence-corrected chi connectivity index (χ4v) is 1.68. The fourth-order valence-electron chi connectivity index (χ4n) is 1.44. The predicted octanol–water partition coefficient (Wildman–Crippen LogP) is 3.62. The van der Waals surface area contributed by atoms with Gasteiger partial charge in [0.05, 0.1) is 12.0 Å². The number of aliphatic carboxylic acids is 1. The lowest BCUT2D eigenvalue weighted by Gasteiger charge is -2.11. The highest BCUT2D eigenvalue weighted by Crippen LogP contribution is 2.28. The van der Waals surface area contributed by atoms with Crippen molar-refractivity contribution in [1.29, 1.82) is 0 Å². The summed E-state index contributed by atoms with van der Waals surface area (Å²) in [6.07, 6.45) is 1.45. The van der Waals surface area contributed by atoms with Crippen LogP contribution in [-0.4, -0.2) is 17.7 Å². The molecule has 1 aromatic rings. The van der Waals surface area contributed by atoms with Gasteiger partial charge in [0.1, 0.15) is 5.75 Å². The van der Waals surface area contributed by atoms with Gasteiger partial charge in [-0.3, -0.25) is 4.79 Å². The minimum absolute atomic E-state index is 0.0776. The molecule has 1 atom stereocenters. The van der Waals surface area contributed by atoms with Gasteiger partial charge in [-0.25, -0.2) is 0 Å². The second-order valence-corrected chi connectivity index (χ2v) is 4.35. The zero-order chi connectivity index (χ0) is 12.7. The lowest BCUT2D eigenvalue weighted by atomic mass is 10.1. The molecule has 1 aromatic carbocycles. The molecule has 94 valence electrons. The minimum atomic E-state index is -0.825. The number of halogens is 1. The van der Waals surface area contributed by atoms with Crippen molar-refractivity contribution in [2.45, 2.75) is 31.6 Å². The van der Waals surface area contributed by atoms with Crippen molar-refractivity contribution >= 4 is 17.6 Å². The lowest BCUT2D eigenvalue weighted by Crippen LogP contribution is -2.00. The summed E-state index contributed by atoms with van der Waals surface area (Å²) in [5, 5.41) is 8.32. The normalized spacial score (nSPS) is 12.1. The van der Waals surface area contributed by atoms with Gasteiger partial charge in [-0.1, -0.05) is 19.1 Å². The Morgan fingerprint density at radius 3 is 2.94 bits per heavy atom. The maximum atomic E-state index is 10.5. The average molecular weight is 257 g/mol.